The molecule has 5 heteroatoms. The number of nitrogens with one attached hydrogen (secondary N) is 1. The molecule has 0 atom stereocenters. The van der Waals surface area contributed by atoms with Crippen LogP contribution in [0.25, 0.3) is 5.69 Å². The van der Waals surface area contributed by atoms with Gasteiger partial charge in [-0.15, -0.1) is 0 Å². The molecule has 0 unspecified atom stereocenters. The molecule has 0 fully saturated rings. The normalized spacial score (nSPS) is 10.9. The van der Waals surface area contributed by atoms with Crippen molar-refractivity contribution in [1.29, 1.82) is 0 Å². The van der Waals surface area contributed by atoms with Crippen molar-refractivity contribution in [2.24, 2.45) is 0 Å². The predicted octanol–water partition coefficient (Wildman–Crippen LogP) is 3.49. The van der Waals surface area contributed by atoms with E-state index in [1.807, 2.05) is 13.8 Å². The maximum atomic E-state index is 13.0. The highest BCUT2D eigenvalue weighted by molar-refractivity contribution is 6.32. The summed E-state index contributed by atoms with van der Waals surface area (Å²) in [5.41, 5.74) is 0.703. The highest BCUT2D eigenvalue weighted by Crippen LogP contribution is 2.24. The molecule has 1 aromatic carbocycles. The molecule has 0 amide bonds. The largest absolute Gasteiger partial charge is 0.353 e. The third-order valence-corrected chi connectivity index (χ3v) is 2.53. The first-order valence-electron chi connectivity index (χ1n) is 5.33. The van der Waals surface area contributed by atoms with Gasteiger partial charge in [0.1, 0.15) is 5.82 Å². The molecule has 0 aliphatic carbocycles. The Balaban J connectivity index is 2.42. The van der Waals surface area contributed by atoms with Crippen molar-refractivity contribution < 1.29 is 4.39 Å². The third-order valence-electron chi connectivity index (χ3n) is 2.23. The van der Waals surface area contributed by atoms with E-state index in [-0.39, 0.29) is 11.9 Å². The van der Waals surface area contributed by atoms with Gasteiger partial charge in [-0.3, -0.25) is 4.57 Å². The Kier molecular flexibility index (Phi) is 3.33. The van der Waals surface area contributed by atoms with Crippen molar-refractivity contribution in [2.45, 2.75) is 19.9 Å². The fraction of sp³-hybridized carbons (Fsp3) is 0.250. The lowest BCUT2D eigenvalue weighted by Crippen LogP contribution is -2.14. The van der Waals surface area contributed by atoms with E-state index in [0.717, 1.165) is 0 Å². The summed E-state index contributed by atoms with van der Waals surface area (Å²) >= 11 is 6.01. The van der Waals surface area contributed by atoms with E-state index < -0.39 is 0 Å². The lowest BCUT2D eigenvalue weighted by molar-refractivity contribution is 0.627. The lowest BCUT2D eigenvalue weighted by Gasteiger charge is -2.13. The molecule has 1 N–H and O–H groups in total. The fourth-order valence-corrected chi connectivity index (χ4v) is 1.80. The predicted molar refractivity (Wildman–Crippen MR) is 67.3 cm³/mol. The first-order valence-corrected chi connectivity index (χ1v) is 5.71. The number of rotatable bonds is 3. The van der Waals surface area contributed by atoms with Crippen molar-refractivity contribution in [3.05, 3.63) is 41.4 Å². The van der Waals surface area contributed by atoms with Crippen LogP contribution in [0.5, 0.6) is 0 Å². The number of imidazole rings is 1. The molecule has 0 saturated heterocycles. The number of hydrogen-bond donors (Lipinski definition) is 1. The van der Waals surface area contributed by atoms with Gasteiger partial charge < -0.3 is 5.32 Å². The number of nitrogens with zero attached hydrogens (tertiary/aromatic N) is 2. The molecule has 0 spiro atoms. The molecule has 17 heavy (non-hydrogen) atoms. The molecular formula is C12H13ClFN3. The van der Waals surface area contributed by atoms with Gasteiger partial charge in [0.05, 0.1) is 10.7 Å². The summed E-state index contributed by atoms with van der Waals surface area (Å²) in [6.45, 7) is 4.04. The molecule has 0 bridgehead atoms. The molecule has 90 valence electrons. The van der Waals surface area contributed by atoms with Crippen LogP contribution in [0.1, 0.15) is 13.8 Å². The summed E-state index contributed by atoms with van der Waals surface area (Å²) in [7, 11) is 0. The van der Waals surface area contributed by atoms with E-state index in [9.17, 15) is 4.39 Å². The SMILES string of the molecule is CC(C)Nc1nccn1-c1ccc(F)cc1Cl. The highest BCUT2D eigenvalue weighted by Gasteiger charge is 2.09. The average Bonchev–Trinajstić information content (AvgIpc) is 2.65. The van der Waals surface area contributed by atoms with Crippen LogP contribution in [0.4, 0.5) is 10.3 Å². The highest BCUT2D eigenvalue weighted by atomic mass is 35.5. The Bertz CT molecular complexity index is 522. The summed E-state index contributed by atoms with van der Waals surface area (Å²) < 4.78 is 14.8. The molecule has 0 aliphatic rings. The van der Waals surface area contributed by atoms with Crippen LogP contribution in [0.2, 0.25) is 5.02 Å². The van der Waals surface area contributed by atoms with Crippen LogP contribution in [-0.2, 0) is 0 Å². The minimum absolute atomic E-state index is 0.260. The Morgan fingerprint density at radius 2 is 2.18 bits per heavy atom. The molecule has 1 aromatic heterocycles. The van der Waals surface area contributed by atoms with E-state index in [0.29, 0.717) is 16.7 Å². The second kappa shape index (κ2) is 4.75. The number of aromatic nitrogens is 2. The van der Waals surface area contributed by atoms with Crippen LogP contribution in [-0.4, -0.2) is 15.6 Å². The first kappa shape index (κ1) is 11.9. The van der Waals surface area contributed by atoms with Crippen LogP contribution in [0.15, 0.2) is 30.6 Å². The second-order valence-corrected chi connectivity index (χ2v) is 4.42. The Hall–Kier alpha value is -1.55. The van der Waals surface area contributed by atoms with Crippen molar-refractivity contribution in [3.63, 3.8) is 0 Å². The summed E-state index contributed by atoms with van der Waals surface area (Å²) in [4.78, 5) is 4.20. The number of anilines is 1. The number of hydrogen-bond acceptors (Lipinski definition) is 2. The van der Waals surface area contributed by atoms with Crippen LogP contribution in [0.3, 0.4) is 0 Å². The molecule has 2 aromatic rings. The van der Waals surface area contributed by atoms with Crippen molar-refractivity contribution in [1.82, 2.24) is 9.55 Å². The van der Waals surface area contributed by atoms with Crippen molar-refractivity contribution >= 4 is 17.5 Å². The topological polar surface area (TPSA) is 29.9 Å². The Morgan fingerprint density at radius 1 is 1.41 bits per heavy atom. The van der Waals surface area contributed by atoms with E-state index in [2.05, 4.69) is 10.3 Å². The van der Waals surface area contributed by atoms with E-state index in [1.54, 1.807) is 23.0 Å². The van der Waals surface area contributed by atoms with Gasteiger partial charge in [-0.25, -0.2) is 9.37 Å². The maximum absolute atomic E-state index is 13.0. The van der Waals surface area contributed by atoms with Gasteiger partial charge in [0, 0.05) is 18.4 Å². The second-order valence-electron chi connectivity index (χ2n) is 4.02. The maximum Gasteiger partial charge on any atom is 0.207 e. The third kappa shape index (κ3) is 2.58. The molecule has 3 nitrogen and oxygen atoms in total. The number of benzene rings is 1. The molecule has 1 heterocycles. The number of halogens is 2. The lowest BCUT2D eigenvalue weighted by atomic mass is 10.3. The zero-order valence-electron chi connectivity index (χ0n) is 9.61. The average molecular weight is 254 g/mol. The van der Waals surface area contributed by atoms with Gasteiger partial charge in [-0.2, -0.15) is 0 Å². The van der Waals surface area contributed by atoms with Crippen molar-refractivity contribution in [3.8, 4) is 5.69 Å². The quantitative estimate of drug-likeness (QED) is 0.908. The van der Waals surface area contributed by atoms with Gasteiger partial charge in [-0.05, 0) is 32.0 Å². The molecule has 0 aliphatic heterocycles. The summed E-state index contributed by atoms with van der Waals surface area (Å²) in [6, 6.07) is 4.55. The summed E-state index contributed by atoms with van der Waals surface area (Å²) in [5.74, 6) is 0.339. The van der Waals surface area contributed by atoms with Gasteiger partial charge in [0.2, 0.25) is 5.95 Å². The van der Waals surface area contributed by atoms with Gasteiger partial charge in [0.15, 0.2) is 0 Å². The summed E-state index contributed by atoms with van der Waals surface area (Å²) in [5, 5.41) is 3.55. The van der Waals surface area contributed by atoms with Gasteiger partial charge >= 0.3 is 0 Å². The zero-order valence-corrected chi connectivity index (χ0v) is 10.4. The van der Waals surface area contributed by atoms with Gasteiger partial charge in [-0.1, -0.05) is 11.6 Å². The Morgan fingerprint density at radius 3 is 2.82 bits per heavy atom. The van der Waals surface area contributed by atoms with E-state index in [4.69, 9.17) is 11.6 Å². The van der Waals surface area contributed by atoms with E-state index >= 15 is 0 Å². The van der Waals surface area contributed by atoms with Crippen LogP contribution < -0.4 is 5.32 Å². The standard InChI is InChI=1S/C12H13ClFN3/c1-8(2)16-12-15-5-6-17(12)11-4-3-9(14)7-10(11)13/h3-8H,1-2H3,(H,15,16). The fourth-order valence-electron chi connectivity index (χ4n) is 1.54. The molecule has 2 rings (SSSR count). The molecule has 0 radical (unpaired) electrons. The van der Waals surface area contributed by atoms with E-state index in [1.165, 1.54) is 12.1 Å². The molecular weight excluding hydrogens is 241 g/mol. The monoisotopic (exact) mass is 253 g/mol. The minimum Gasteiger partial charge on any atom is -0.353 e. The first-order chi connectivity index (χ1) is 8.08. The smallest absolute Gasteiger partial charge is 0.207 e. The molecule has 0 saturated carbocycles. The van der Waals surface area contributed by atoms with Crippen LogP contribution >= 0.6 is 11.6 Å². The Labute approximate surface area is 104 Å². The minimum atomic E-state index is -0.350. The van der Waals surface area contributed by atoms with Crippen LogP contribution in [0, 0.1) is 5.82 Å². The zero-order chi connectivity index (χ0) is 12.4. The van der Waals surface area contributed by atoms with Gasteiger partial charge in [0.25, 0.3) is 0 Å². The summed E-state index contributed by atoms with van der Waals surface area (Å²) in [6.07, 6.45) is 3.45. The van der Waals surface area contributed by atoms with Crippen molar-refractivity contribution in [2.75, 3.05) is 5.32 Å².